The molecule has 0 spiro atoms. The second-order valence-corrected chi connectivity index (χ2v) is 7.07. The third-order valence-electron chi connectivity index (χ3n) is 5.17. The lowest BCUT2D eigenvalue weighted by Gasteiger charge is -2.26. The van der Waals surface area contributed by atoms with Crippen molar-refractivity contribution in [2.45, 2.75) is 24.8 Å². The normalized spacial score (nSPS) is 14.6. The molecule has 1 aliphatic carbocycles. The Morgan fingerprint density at radius 3 is 2.54 bits per heavy atom. The molecule has 28 heavy (non-hydrogen) atoms. The minimum absolute atomic E-state index is 0.0845. The number of aromatic nitrogens is 1. The molecule has 5 nitrogen and oxygen atoms in total. The summed E-state index contributed by atoms with van der Waals surface area (Å²) in [6, 6.07) is 17.6. The first-order valence-electron chi connectivity index (χ1n) is 9.30. The van der Waals surface area contributed by atoms with Gasteiger partial charge >= 0.3 is 0 Å². The van der Waals surface area contributed by atoms with Gasteiger partial charge in [-0.2, -0.15) is 0 Å². The number of aliphatic hydroxyl groups excluding tert-OH is 1. The fraction of sp³-hybridized carbons (Fsp3) is 0.273. The highest BCUT2D eigenvalue weighted by Crippen LogP contribution is 2.50. The zero-order chi connectivity index (χ0) is 19.6. The van der Waals surface area contributed by atoms with Crippen molar-refractivity contribution < 1.29 is 18.8 Å². The molecule has 0 saturated heterocycles. The number of hydrogen-bond donors (Lipinski definition) is 1. The van der Waals surface area contributed by atoms with Crippen molar-refractivity contribution in [2.24, 2.45) is 0 Å². The fourth-order valence-electron chi connectivity index (χ4n) is 3.47. The predicted molar refractivity (Wildman–Crippen MR) is 102 cm³/mol. The van der Waals surface area contributed by atoms with Crippen molar-refractivity contribution in [2.75, 3.05) is 13.2 Å². The number of benzene rings is 2. The van der Waals surface area contributed by atoms with Gasteiger partial charge in [-0.3, -0.25) is 4.79 Å². The van der Waals surface area contributed by atoms with Crippen molar-refractivity contribution in [1.82, 2.24) is 10.1 Å². The van der Waals surface area contributed by atoms with Crippen molar-refractivity contribution >= 4 is 5.91 Å². The van der Waals surface area contributed by atoms with E-state index in [0.717, 1.165) is 5.56 Å². The Bertz CT molecular complexity index is 967. The van der Waals surface area contributed by atoms with E-state index in [-0.39, 0.29) is 19.1 Å². The van der Waals surface area contributed by atoms with Gasteiger partial charge in [-0.25, -0.2) is 4.39 Å². The Balaban J connectivity index is 1.59. The molecule has 0 aliphatic heterocycles. The summed E-state index contributed by atoms with van der Waals surface area (Å²) in [6.07, 6.45) is 1.32. The second kappa shape index (κ2) is 7.56. The zero-order valence-electron chi connectivity index (χ0n) is 15.3. The summed E-state index contributed by atoms with van der Waals surface area (Å²) in [5.41, 5.74) is 1.08. The molecule has 1 heterocycles. The van der Waals surface area contributed by atoms with Crippen LogP contribution in [0.2, 0.25) is 0 Å². The topological polar surface area (TPSA) is 66.6 Å². The molecule has 1 aliphatic rings. The molecule has 1 N–H and O–H groups in total. The van der Waals surface area contributed by atoms with Gasteiger partial charge in [0.2, 0.25) is 5.91 Å². The van der Waals surface area contributed by atoms with E-state index in [0.29, 0.717) is 36.4 Å². The number of hydrogen-bond acceptors (Lipinski definition) is 4. The molecule has 144 valence electrons. The zero-order valence-corrected chi connectivity index (χ0v) is 15.3. The molecule has 0 bridgehead atoms. The lowest BCUT2D eigenvalue weighted by atomic mass is 9.99. The minimum atomic E-state index is -0.753. The number of carbonyl (C=O) groups excluding carboxylic acids is 1. The third kappa shape index (κ3) is 3.43. The number of nitrogens with zero attached hydrogens (tertiary/aromatic N) is 2. The van der Waals surface area contributed by atoms with Gasteiger partial charge in [-0.1, -0.05) is 47.6 Å². The third-order valence-corrected chi connectivity index (χ3v) is 5.17. The molecule has 1 amide bonds. The van der Waals surface area contributed by atoms with Crippen LogP contribution < -0.4 is 0 Å². The van der Waals surface area contributed by atoms with Gasteiger partial charge in [0.1, 0.15) is 5.82 Å². The number of rotatable bonds is 7. The molecule has 6 heteroatoms. The SMILES string of the molecule is O=C(N(CCO)Cc1ccccc1)C1(c2cc(-c3ccccc3F)on2)CC1. The number of amides is 1. The summed E-state index contributed by atoms with van der Waals surface area (Å²) in [5.74, 6) is -0.171. The van der Waals surface area contributed by atoms with Gasteiger partial charge in [0.25, 0.3) is 0 Å². The molecule has 1 fully saturated rings. The van der Waals surface area contributed by atoms with Crippen LogP contribution in [0.25, 0.3) is 11.3 Å². The van der Waals surface area contributed by atoms with Crippen LogP contribution in [-0.2, 0) is 16.8 Å². The van der Waals surface area contributed by atoms with Crippen LogP contribution in [0.15, 0.2) is 65.2 Å². The highest BCUT2D eigenvalue weighted by Gasteiger charge is 2.55. The maximum atomic E-state index is 14.0. The second-order valence-electron chi connectivity index (χ2n) is 7.07. The van der Waals surface area contributed by atoms with Gasteiger partial charge in [0.05, 0.1) is 23.3 Å². The lowest BCUT2D eigenvalue weighted by molar-refractivity contribution is -0.135. The predicted octanol–water partition coefficient (Wildman–Crippen LogP) is 3.53. The molecule has 1 aromatic heterocycles. The molecular formula is C22H21FN2O3. The van der Waals surface area contributed by atoms with Crippen LogP contribution in [0.1, 0.15) is 24.1 Å². The fourth-order valence-corrected chi connectivity index (χ4v) is 3.47. The van der Waals surface area contributed by atoms with Crippen LogP contribution in [0.4, 0.5) is 4.39 Å². The van der Waals surface area contributed by atoms with E-state index in [9.17, 15) is 14.3 Å². The summed E-state index contributed by atoms with van der Waals surface area (Å²) in [5, 5.41) is 13.5. The first-order valence-corrected chi connectivity index (χ1v) is 9.30. The van der Waals surface area contributed by atoms with E-state index in [1.54, 1.807) is 29.2 Å². The summed E-state index contributed by atoms with van der Waals surface area (Å²) in [7, 11) is 0. The minimum Gasteiger partial charge on any atom is -0.395 e. The van der Waals surface area contributed by atoms with E-state index in [4.69, 9.17) is 4.52 Å². The van der Waals surface area contributed by atoms with Crippen LogP contribution in [-0.4, -0.2) is 34.2 Å². The summed E-state index contributed by atoms with van der Waals surface area (Å²) in [4.78, 5) is 14.9. The molecule has 3 aromatic rings. The first-order chi connectivity index (χ1) is 13.6. The maximum Gasteiger partial charge on any atom is 0.235 e. The van der Waals surface area contributed by atoms with Gasteiger partial charge < -0.3 is 14.5 Å². The standard InChI is InChI=1S/C22H21FN2O3/c23-18-9-5-4-8-17(18)19-14-20(24-28-19)22(10-11-22)21(27)25(12-13-26)15-16-6-2-1-3-7-16/h1-9,14,26H,10-13,15H2. The Labute approximate surface area is 162 Å². The quantitative estimate of drug-likeness (QED) is 0.681. The van der Waals surface area contributed by atoms with Crippen LogP contribution in [0.3, 0.4) is 0 Å². The smallest absolute Gasteiger partial charge is 0.235 e. The Morgan fingerprint density at radius 1 is 1.14 bits per heavy atom. The Kier molecular flexibility index (Phi) is 4.96. The van der Waals surface area contributed by atoms with Gasteiger partial charge in [0.15, 0.2) is 5.76 Å². The number of carbonyl (C=O) groups is 1. The van der Waals surface area contributed by atoms with Crippen molar-refractivity contribution in [3.05, 3.63) is 77.7 Å². The average molecular weight is 380 g/mol. The molecule has 0 unspecified atom stereocenters. The Morgan fingerprint density at radius 2 is 1.86 bits per heavy atom. The average Bonchev–Trinajstić information content (AvgIpc) is 3.38. The van der Waals surface area contributed by atoms with Crippen LogP contribution >= 0.6 is 0 Å². The van der Waals surface area contributed by atoms with Gasteiger partial charge in [-0.05, 0) is 30.5 Å². The largest absolute Gasteiger partial charge is 0.395 e. The highest BCUT2D eigenvalue weighted by molar-refractivity contribution is 5.91. The summed E-state index contributed by atoms with van der Waals surface area (Å²) in [6.45, 7) is 0.543. The van der Waals surface area contributed by atoms with E-state index < -0.39 is 11.2 Å². The summed E-state index contributed by atoms with van der Waals surface area (Å²) < 4.78 is 19.4. The van der Waals surface area contributed by atoms with E-state index in [1.165, 1.54) is 6.07 Å². The van der Waals surface area contributed by atoms with Crippen LogP contribution in [0.5, 0.6) is 0 Å². The number of aliphatic hydroxyl groups is 1. The summed E-state index contributed by atoms with van der Waals surface area (Å²) >= 11 is 0. The molecule has 2 aromatic carbocycles. The highest BCUT2D eigenvalue weighted by atomic mass is 19.1. The maximum absolute atomic E-state index is 14.0. The van der Waals surface area contributed by atoms with Crippen molar-refractivity contribution in [3.63, 3.8) is 0 Å². The molecule has 4 rings (SSSR count). The van der Waals surface area contributed by atoms with Gasteiger partial charge in [0, 0.05) is 19.2 Å². The van der Waals surface area contributed by atoms with Crippen molar-refractivity contribution in [3.8, 4) is 11.3 Å². The Hall–Kier alpha value is -2.99. The molecule has 0 radical (unpaired) electrons. The van der Waals surface area contributed by atoms with Crippen molar-refractivity contribution in [1.29, 1.82) is 0 Å². The van der Waals surface area contributed by atoms with E-state index in [2.05, 4.69) is 5.16 Å². The van der Waals surface area contributed by atoms with E-state index in [1.807, 2.05) is 30.3 Å². The molecule has 1 saturated carbocycles. The van der Waals surface area contributed by atoms with Crippen LogP contribution in [0, 0.1) is 5.82 Å². The molecule has 0 atom stereocenters. The molecular weight excluding hydrogens is 359 g/mol. The monoisotopic (exact) mass is 380 g/mol. The number of halogens is 1. The first kappa shape index (κ1) is 18.4. The van der Waals surface area contributed by atoms with Gasteiger partial charge in [-0.15, -0.1) is 0 Å². The van der Waals surface area contributed by atoms with E-state index >= 15 is 0 Å². The lowest BCUT2D eigenvalue weighted by Crippen LogP contribution is -2.40.